The Labute approximate surface area is 114 Å². The zero-order valence-electron chi connectivity index (χ0n) is 10.1. The molecule has 0 aromatic carbocycles. The van der Waals surface area contributed by atoms with Gasteiger partial charge in [0.2, 0.25) is 5.88 Å². The zero-order chi connectivity index (χ0) is 13.7. The van der Waals surface area contributed by atoms with Crippen LogP contribution in [0.4, 0.5) is 5.82 Å². The lowest BCUT2D eigenvalue weighted by Gasteiger charge is -2.08. The standard InChI is InChI=1S/C12H11ClN4O2/c1-19-10-3-2-8(4-14-10)5-15-12-9(6-18)11(13)16-7-17-12/h2-4,6-7H,5H2,1H3,(H,15,16,17). The number of aromatic nitrogens is 3. The molecule has 2 rings (SSSR count). The first-order chi connectivity index (χ1) is 9.24. The Balaban J connectivity index is 2.09. The van der Waals surface area contributed by atoms with E-state index in [0.29, 0.717) is 24.5 Å². The molecular formula is C12H11ClN4O2. The average molecular weight is 279 g/mol. The highest BCUT2D eigenvalue weighted by atomic mass is 35.5. The van der Waals surface area contributed by atoms with Gasteiger partial charge in [0.1, 0.15) is 17.3 Å². The monoisotopic (exact) mass is 278 g/mol. The Hall–Kier alpha value is -2.21. The largest absolute Gasteiger partial charge is 0.481 e. The normalized spacial score (nSPS) is 10.0. The first-order valence-corrected chi connectivity index (χ1v) is 5.81. The summed E-state index contributed by atoms with van der Waals surface area (Å²) in [4.78, 5) is 22.7. The number of carbonyl (C=O) groups is 1. The van der Waals surface area contributed by atoms with Crippen LogP contribution in [-0.4, -0.2) is 28.3 Å². The summed E-state index contributed by atoms with van der Waals surface area (Å²) in [5, 5.41) is 3.14. The summed E-state index contributed by atoms with van der Waals surface area (Å²) in [6.45, 7) is 0.463. The molecule has 2 aromatic rings. The maximum atomic E-state index is 10.9. The predicted molar refractivity (Wildman–Crippen MR) is 70.5 cm³/mol. The number of rotatable bonds is 5. The van der Waals surface area contributed by atoms with Gasteiger partial charge in [-0.25, -0.2) is 15.0 Å². The van der Waals surface area contributed by atoms with Gasteiger partial charge in [-0.05, 0) is 5.56 Å². The van der Waals surface area contributed by atoms with Gasteiger partial charge in [0.25, 0.3) is 0 Å². The maximum Gasteiger partial charge on any atom is 0.212 e. The minimum Gasteiger partial charge on any atom is -0.481 e. The minimum atomic E-state index is 0.125. The van der Waals surface area contributed by atoms with Crippen molar-refractivity contribution in [3.05, 3.63) is 40.9 Å². The van der Waals surface area contributed by atoms with Crippen LogP contribution in [0.2, 0.25) is 5.15 Å². The van der Waals surface area contributed by atoms with E-state index in [0.717, 1.165) is 5.56 Å². The quantitative estimate of drug-likeness (QED) is 0.665. The lowest BCUT2D eigenvalue weighted by Crippen LogP contribution is -2.06. The lowest BCUT2D eigenvalue weighted by atomic mass is 10.2. The average Bonchev–Trinajstić information content (AvgIpc) is 2.45. The van der Waals surface area contributed by atoms with Crippen LogP contribution < -0.4 is 10.1 Å². The Bertz CT molecular complexity index is 574. The van der Waals surface area contributed by atoms with Crippen molar-refractivity contribution in [3.8, 4) is 5.88 Å². The summed E-state index contributed by atoms with van der Waals surface area (Å²) in [6, 6.07) is 3.62. The fraction of sp³-hybridized carbons (Fsp3) is 0.167. The molecule has 0 spiro atoms. The third-order valence-corrected chi connectivity index (χ3v) is 2.72. The molecule has 0 saturated carbocycles. The van der Waals surface area contributed by atoms with Crippen molar-refractivity contribution in [1.82, 2.24) is 15.0 Å². The van der Waals surface area contributed by atoms with Crippen LogP contribution in [0.15, 0.2) is 24.7 Å². The van der Waals surface area contributed by atoms with Crippen LogP contribution in [0.25, 0.3) is 0 Å². The van der Waals surface area contributed by atoms with Crippen molar-refractivity contribution in [2.75, 3.05) is 12.4 Å². The van der Waals surface area contributed by atoms with Crippen molar-refractivity contribution in [3.63, 3.8) is 0 Å². The predicted octanol–water partition coefficient (Wildman–Crippen LogP) is 1.96. The summed E-state index contributed by atoms with van der Waals surface area (Å²) >= 11 is 5.80. The van der Waals surface area contributed by atoms with Gasteiger partial charge < -0.3 is 10.1 Å². The second kappa shape index (κ2) is 6.10. The molecule has 6 nitrogen and oxygen atoms in total. The van der Waals surface area contributed by atoms with E-state index in [9.17, 15) is 4.79 Å². The van der Waals surface area contributed by atoms with Gasteiger partial charge in [-0.1, -0.05) is 17.7 Å². The van der Waals surface area contributed by atoms with Crippen molar-refractivity contribution in [1.29, 1.82) is 0 Å². The van der Waals surface area contributed by atoms with Crippen molar-refractivity contribution in [2.24, 2.45) is 0 Å². The van der Waals surface area contributed by atoms with Gasteiger partial charge in [0.15, 0.2) is 6.29 Å². The van der Waals surface area contributed by atoms with Crippen LogP contribution in [-0.2, 0) is 6.54 Å². The van der Waals surface area contributed by atoms with E-state index in [1.807, 2.05) is 6.07 Å². The van der Waals surface area contributed by atoms with Crippen LogP contribution in [0.3, 0.4) is 0 Å². The highest BCUT2D eigenvalue weighted by molar-refractivity contribution is 6.32. The Morgan fingerprint density at radius 1 is 1.37 bits per heavy atom. The summed E-state index contributed by atoms with van der Waals surface area (Å²) in [5.74, 6) is 0.938. The van der Waals surface area contributed by atoms with Crippen LogP contribution in [0, 0.1) is 0 Å². The molecule has 0 atom stereocenters. The van der Waals surface area contributed by atoms with E-state index in [1.54, 1.807) is 19.4 Å². The second-order valence-corrected chi connectivity index (χ2v) is 3.96. The molecule has 2 aromatic heterocycles. The summed E-state index contributed by atoms with van der Waals surface area (Å²) in [5.41, 5.74) is 1.16. The number of hydrogen-bond donors (Lipinski definition) is 1. The molecule has 0 aliphatic heterocycles. The van der Waals surface area contributed by atoms with Gasteiger partial charge in [-0.2, -0.15) is 0 Å². The smallest absolute Gasteiger partial charge is 0.212 e. The Kier molecular flexibility index (Phi) is 4.25. The zero-order valence-corrected chi connectivity index (χ0v) is 10.9. The Morgan fingerprint density at radius 3 is 2.84 bits per heavy atom. The molecule has 0 aliphatic carbocycles. The van der Waals surface area contributed by atoms with Crippen LogP contribution in [0.1, 0.15) is 15.9 Å². The highest BCUT2D eigenvalue weighted by Gasteiger charge is 2.08. The number of methoxy groups -OCH3 is 1. The van der Waals surface area contributed by atoms with Crippen molar-refractivity contribution < 1.29 is 9.53 Å². The first-order valence-electron chi connectivity index (χ1n) is 5.43. The van der Waals surface area contributed by atoms with E-state index in [2.05, 4.69) is 20.3 Å². The molecule has 1 N–H and O–H groups in total. The molecule has 19 heavy (non-hydrogen) atoms. The molecule has 2 heterocycles. The third kappa shape index (κ3) is 3.17. The number of carbonyl (C=O) groups excluding carboxylic acids is 1. The maximum absolute atomic E-state index is 10.9. The SMILES string of the molecule is COc1ccc(CNc2ncnc(Cl)c2C=O)cn1. The number of ether oxygens (including phenoxy) is 1. The molecule has 0 unspecified atom stereocenters. The lowest BCUT2D eigenvalue weighted by molar-refractivity contribution is 0.112. The van der Waals surface area contributed by atoms with Crippen LogP contribution >= 0.6 is 11.6 Å². The molecule has 0 saturated heterocycles. The third-order valence-electron chi connectivity index (χ3n) is 2.42. The van der Waals surface area contributed by atoms with Gasteiger partial charge >= 0.3 is 0 Å². The van der Waals surface area contributed by atoms with E-state index in [4.69, 9.17) is 16.3 Å². The highest BCUT2D eigenvalue weighted by Crippen LogP contribution is 2.18. The van der Waals surface area contributed by atoms with Crippen molar-refractivity contribution >= 4 is 23.7 Å². The molecule has 0 amide bonds. The van der Waals surface area contributed by atoms with Gasteiger partial charge in [-0.15, -0.1) is 0 Å². The van der Waals surface area contributed by atoms with Gasteiger partial charge in [0.05, 0.1) is 12.7 Å². The second-order valence-electron chi connectivity index (χ2n) is 3.61. The van der Waals surface area contributed by atoms with Crippen LogP contribution in [0.5, 0.6) is 5.88 Å². The number of pyridine rings is 1. The first kappa shape index (κ1) is 13.2. The summed E-state index contributed by atoms with van der Waals surface area (Å²) in [6.07, 6.45) is 3.59. The molecule has 7 heteroatoms. The molecule has 98 valence electrons. The van der Waals surface area contributed by atoms with Gasteiger partial charge in [0, 0.05) is 18.8 Å². The van der Waals surface area contributed by atoms with E-state index in [-0.39, 0.29) is 10.7 Å². The number of anilines is 1. The molecular weight excluding hydrogens is 268 g/mol. The number of nitrogens with one attached hydrogen (secondary N) is 1. The molecule has 0 bridgehead atoms. The van der Waals surface area contributed by atoms with E-state index < -0.39 is 0 Å². The molecule has 0 radical (unpaired) electrons. The topological polar surface area (TPSA) is 77.0 Å². The number of nitrogens with zero attached hydrogens (tertiary/aromatic N) is 3. The number of aldehydes is 1. The molecule has 0 fully saturated rings. The van der Waals surface area contributed by atoms with E-state index >= 15 is 0 Å². The number of halogens is 1. The van der Waals surface area contributed by atoms with Gasteiger partial charge in [-0.3, -0.25) is 4.79 Å². The summed E-state index contributed by atoms with van der Waals surface area (Å²) < 4.78 is 4.97. The van der Waals surface area contributed by atoms with Crippen molar-refractivity contribution in [2.45, 2.75) is 6.54 Å². The fourth-order valence-corrected chi connectivity index (χ4v) is 1.62. The summed E-state index contributed by atoms with van der Waals surface area (Å²) in [7, 11) is 1.56. The fourth-order valence-electron chi connectivity index (χ4n) is 1.44. The van der Waals surface area contributed by atoms with E-state index in [1.165, 1.54) is 6.33 Å². The Morgan fingerprint density at radius 2 is 2.21 bits per heavy atom. The number of hydrogen-bond acceptors (Lipinski definition) is 6. The minimum absolute atomic E-state index is 0.125. The molecule has 0 aliphatic rings.